The van der Waals surface area contributed by atoms with Crippen LogP contribution in [-0.4, -0.2) is 25.7 Å². The van der Waals surface area contributed by atoms with Crippen molar-refractivity contribution in [3.63, 3.8) is 0 Å². The number of aryl methyl sites for hydroxylation is 2. The van der Waals surface area contributed by atoms with Crippen LogP contribution < -0.4 is 5.73 Å². The molecule has 132 valence electrons. The number of aromatic nitrogens is 3. The Kier molecular flexibility index (Phi) is 3.93. The Morgan fingerprint density at radius 3 is 2.85 bits per heavy atom. The van der Waals surface area contributed by atoms with Crippen molar-refractivity contribution in [1.82, 2.24) is 15.0 Å². The quantitative estimate of drug-likeness (QED) is 0.546. The molecule has 0 aliphatic heterocycles. The molecule has 1 aromatic carbocycles. The number of fused-ring (bicyclic) bond motifs is 5. The fraction of sp³-hybridized carbons (Fsp3) is 0.333. The van der Waals surface area contributed by atoms with E-state index in [0.29, 0.717) is 5.95 Å². The molecule has 1 aliphatic rings. The largest absolute Gasteiger partial charge is 0.378 e. The maximum atomic E-state index is 9.86. The van der Waals surface area contributed by atoms with Gasteiger partial charge in [0.25, 0.3) is 0 Å². The van der Waals surface area contributed by atoms with Gasteiger partial charge in [-0.2, -0.15) is 0 Å². The molecule has 0 saturated carbocycles. The number of rotatable bonds is 0. The molecule has 4 N–H and O–H groups in total. The molecule has 1 aliphatic carbocycles. The molecule has 0 fully saturated rings. The molecular formula is C21H22N4O. The number of H-pyrrole nitrogens is 1. The number of nitrogens with two attached hydrogens (primary N) is 1. The van der Waals surface area contributed by atoms with Crippen LogP contribution in [0.3, 0.4) is 0 Å². The van der Waals surface area contributed by atoms with Crippen LogP contribution in [0.2, 0.25) is 0 Å². The monoisotopic (exact) mass is 346 g/mol. The van der Waals surface area contributed by atoms with E-state index in [4.69, 9.17) is 5.73 Å². The Balaban J connectivity index is 1.95. The predicted molar refractivity (Wildman–Crippen MR) is 104 cm³/mol. The molecule has 2 aromatic heterocycles. The molecule has 0 spiro atoms. The molecule has 5 heteroatoms. The molecule has 2 heterocycles. The van der Waals surface area contributed by atoms with E-state index in [1.807, 2.05) is 18.3 Å². The molecule has 5 nitrogen and oxygen atoms in total. The zero-order valence-electron chi connectivity index (χ0n) is 15.1. The zero-order chi connectivity index (χ0) is 18.3. The lowest BCUT2D eigenvalue weighted by Crippen LogP contribution is -2.14. The maximum Gasteiger partial charge on any atom is 0.220 e. The van der Waals surface area contributed by atoms with E-state index in [1.54, 1.807) is 13.8 Å². The highest BCUT2D eigenvalue weighted by Gasteiger charge is 2.20. The first-order chi connectivity index (χ1) is 12.4. The predicted octanol–water partition coefficient (Wildman–Crippen LogP) is 3.21. The third-order valence-electron chi connectivity index (χ3n) is 4.63. The topological polar surface area (TPSA) is 87.8 Å². The summed E-state index contributed by atoms with van der Waals surface area (Å²) in [6.45, 7) is 3.36. The highest BCUT2D eigenvalue weighted by Crippen LogP contribution is 2.36. The Hall–Kier alpha value is -2.84. The van der Waals surface area contributed by atoms with E-state index in [2.05, 4.69) is 32.9 Å². The van der Waals surface area contributed by atoms with Crippen LogP contribution in [0.25, 0.3) is 22.2 Å². The number of benzene rings is 1. The summed E-state index contributed by atoms with van der Waals surface area (Å²) in [5.74, 6) is 6.23. The summed E-state index contributed by atoms with van der Waals surface area (Å²) in [4.78, 5) is 12.3. The van der Waals surface area contributed by atoms with Crippen molar-refractivity contribution < 1.29 is 5.11 Å². The number of aromatic amines is 1. The van der Waals surface area contributed by atoms with Gasteiger partial charge in [0.2, 0.25) is 5.95 Å². The summed E-state index contributed by atoms with van der Waals surface area (Å²) in [7, 11) is 0. The van der Waals surface area contributed by atoms with Gasteiger partial charge in [-0.1, -0.05) is 11.8 Å². The minimum absolute atomic E-state index is 0.294. The minimum Gasteiger partial charge on any atom is -0.378 e. The summed E-state index contributed by atoms with van der Waals surface area (Å²) < 4.78 is 0. The van der Waals surface area contributed by atoms with Crippen LogP contribution >= 0.6 is 0 Å². The lowest BCUT2D eigenvalue weighted by Gasteiger charge is -2.14. The number of nitrogen functional groups attached to an aromatic ring is 1. The van der Waals surface area contributed by atoms with Gasteiger partial charge in [0.15, 0.2) is 0 Å². The summed E-state index contributed by atoms with van der Waals surface area (Å²) in [6.07, 6.45) is 6.02. The molecule has 3 aromatic rings. The molecular weight excluding hydrogens is 324 g/mol. The summed E-state index contributed by atoms with van der Waals surface area (Å²) in [6, 6.07) is 6.08. The number of hydrogen-bond donors (Lipinski definition) is 3. The van der Waals surface area contributed by atoms with Crippen molar-refractivity contribution in [3.8, 4) is 23.1 Å². The van der Waals surface area contributed by atoms with Gasteiger partial charge in [0, 0.05) is 33.9 Å². The number of hydrogen-bond acceptors (Lipinski definition) is 4. The highest BCUT2D eigenvalue weighted by atomic mass is 16.3. The molecule has 4 rings (SSSR count). The van der Waals surface area contributed by atoms with Gasteiger partial charge in [-0.25, -0.2) is 9.97 Å². The van der Waals surface area contributed by atoms with Crippen molar-refractivity contribution >= 4 is 16.9 Å². The van der Waals surface area contributed by atoms with Crippen molar-refractivity contribution in [2.24, 2.45) is 0 Å². The molecule has 0 bridgehead atoms. The molecule has 0 unspecified atom stereocenters. The molecule has 0 amide bonds. The summed E-state index contributed by atoms with van der Waals surface area (Å²) >= 11 is 0. The lowest BCUT2D eigenvalue weighted by atomic mass is 9.94. The summed E-state index contributed by atoms with van der Waals surface area (Å²) in [5, 5.41) is 10.9. The van der Waals surface area contributed by atoms with Crippen molar-refractivity contribution in [1.29, 1.82) is 0 Å². The van der Waals surface area contributed by atoms with Gasteiger partial charge in [-0.15, -0.1) is 0 Å². The SMILES string of the molecule is CC(C)(O)C#Cc1ccc2[nH]c3c(c2c1)-c1nc(N)ncc1CCCC3. The van der Waals surface area contributed by atoms with Gasteiger partial charge in [0.1, 0.15) is 5.60 Å². The normalized spacial score (nSPS) is 14.0. The Bertz CT molecular complexity index is 1050. The number of aliphatic hydroxyl groups is 1. The number of nitrogens with zero attached hydrogens (tertiary/aromatic N) is 2. The third kappa shape index (κ3) is 3.16. The molecule has 0 atom stereocenters. The second-order valence-electron chi connectivity index (χ2n) is 7.36. The van der Waals surface area contributed by atoms with E-state index in [9.17, 15) is 5.11 Å². The summed E-state index contributed by atoms with van der Waals surface area (Å²) in [5.41, 5.74) is 11.1. The highest BCUT2D eigenvalue weighted by molar-refractivity contribution is 5.98. The number of nitrogens with one attached hydrogen (secondary N) is 1. The second kappa shape index (κ2) is 6.15. The lowest BCUT2D eigenvalue weighted by molar-refractivity contribution is 0.143. The first-order valence-electron chi connectivity index (χ1n) is 8.93. The molecule has 0 radical (unpaired) electrons. The second-order valence-corrected chi connectivity index (χ2v) is 7.36. The van der Waals surface area contributed by atoms with E-state index in [0.717, 1.165) is 59.0 Å². The first kappa shape index (κ1) is 16.6. The van der Waals surface area contributed by atoms with Crippen LogP contribution in [0.4, 0.5) is 5.95 Å². The van der Waals surface area contributed by atoms with Crippen LogP contribution in [0.5, 0.6) is 0 Å². The van der Waals surface area contributed by atoms with Crippen LogP contribution in [0, 0.1) is 11.8 Å². The van der Waals surface area contributed by atoms with Crippen LogP contribution in [-0.2, 0) is 12.8 Å². The zero-order valence-corrected chi connectivity index (χ0v) is 15.1. The van der Waals surface area contributed by atoms with Crippen molar-refractivity contribution in [3.05, 3.63) is 41.2 Å². The fourth-order valence-corrected chi connectivity index (χ4v) is 3.45. The molecule has 0 saturated heterocycles. The number of anilines is 1. The maximum absolute atomic E-state index is 9.86. The third-order valence-corrected chi connectivity index (χ3v) is 4.63. The van der Waals surface area contributed by atoms with E-state index < -0.39 is 5.60 Å². The minimum atomic E-state index is -1.02. The van der Waals surface area contributed by atoms with Gasteiger partial charge >= 0.3 is 0 Å². The van der Waals surface area contributed by atoms with Gasteiger partial charge in [-0.05, 0) is 63.3 Å². The average molecular weight is 346 g/mol. The fourth-order valence-electron chi connectivity index (χ4n) is 3.45. The van der Waals surface area contributed by atoms with E-state index in [1.165, 1.54) is 5.69 Å². The Labute approximate surface area is 152 Å². The van der Waals surface area contributed by atoms with Gasteiger partial charge < -0.3 is 15.8 Å². The standard InChI is InChI=1S/C21H22N4O/c1-21(2,26)10-9-13-7-8-16-15(11-13)18-17(24-16)6-4-3-5-14-12-23-20(22)25-19(14)18/h7-8,11-12,24,26H,3-6H2,1-2H3,(H2,22,23,25). The van der Waals surface area contributed by atoms with Gasteiger partial charge in [0.05, 0.1) is 5.69 Å². The smallest absolute Gasteiger partial charge is 0.220 e. The Morgan fingerprint density at radius 1 is 1.23 bits per heavy atom. The van der Waals surface area contributed by atoms with E-state index >= 15 is 0 Å². The first-order valence-corrected chi connectivity index (χ1v) is 8.93. The average Bonchev–Trinajstić information content (AvgIpc) is 2.92. The van der Waals surface area contributed by atoms with Gasteiger partial charge in [-0.3, -0.25) is 0 Å². The van der Waals surface area contributed by atoms with Crippen molar-refractivity contribution in [2.75, 3.05) is 5.73 Å². The van der Waals surface area contributed by atoms with Crippen LogP contribution in [0.15, 0.2) is 24.4 Å². The molecule has 26 heavy (non-hydrogen) atoms. The van der Waals surface area contributed by atoms with E-state index in [-0.39, 0.29) is 0 Å². The van der Waals surface area contributed by atoms with Crippen molar-refractivity contribution in [2.45, 2.75) is 45.1 Å². The van der Waals surface area contributed by atoms with Crippen LogP contribution in [0.1, 0.15) is 43.5 Å². The Morgan fingerprint density at radius 2 is 2.04 bits per heavy atom.